The molecule has 14 heavy (non-hydrogen) atoms. The molecule has 0 aliphatic carbocycles. The molecular formula is C11H23NO2. The molecule has 0 radical (unpaired) electrons. The molecule has 0 aliphatic rings. The fourth-order valence-corrected chi connectivity index (χ4v) is 0.697. The van der Waals surface area contributed by atoms with E-state index in [1.165, 1.54) is 0 Å². The third-order valence-corrected chi connectivity index (χ3v) is 1.45. The Kier molecular flexibility index (Phi) is 4.59. The molecular weight excluding hydrogens is 178 g/mol. The second-order valence-electron chi connectivity index (χ2n) is 5.74. The highest BCUT2D eigenvalue weighted by Gasteiger charge is 2.15. The summed E-state index contributed by atoms with van der Waals surface area (Å²) in [5.74, 6) is -0.0464. The number of ether oxygens (including phenoxy) is 1. The van der Waals surface area contributed by atoms with Crippen molar-refractivity contribution in [1.29, 1.82) is 0 Å². The van der Waals surface area contributed by atoms with Gasteiger partial charge in [-0.15, -0.1) is 0 Å². The summed E-state index contributed by atoms with van der Waals surface area (Å²) in [4.78, 5) is 11.3. The third-order valence-electron chi connectivity index (χ3n) is 1.45. The number of hydrogen-bond acceptors (Lipinski definition) is 2. The number of hydrogen-bond donors (Lipinski definition) is 1. The Morgan fingerprint density at radius 2 is 1.64 bits per heavy atom. The second-order valence-corrected chi connectivity index (χ2v) is 5.74. The number of rotatable bonds is 3. The van der Waals surface area contributed by atoms with Crippen LogP contribution in [0, 0.1) is 5.41 Å². The zero-order valence-corrected chi connectivity index (χ0v) is 10.2. The summed E-state index contributed by atoms with van der Waals surface area (Å²) >= 11 is 0. The van der Waals surface area contributed by atoms with Gasteiger partial charge in [-0.3, -0.25) is 4.79 Å². The van der Waals surface area contributed by atoms with Crippen LogP contribution in [0.2, 0.25) is 0 Å². The first-order valence-electron chi connectivity index (χ1n) is 5.01. The topological polar surface area (TPSA) is 38.3 Å². The highest BCUT2D eigenvalue weighted by molar-refractivity contribution is 5.77. The van der Waals surface area contributed by atoms with Crippen LogP contribution in [-0.2, 0) is 9.53 Å². The maximum atomic E-state index is 11.3. The highest BCUT2D eigenvalue weighted by atomic mass is 16.5. The Hall–Kier alpha value is -0.570. The van der Waals surface area contributed by atoms with Gasteiger partial charge in [-0.25, -0.2) is 0 Å². The molecule has 0 rings (SSSR count). The van der Waals surface area contributed by atoms with Gasteiger partial charge in [0, 0.05) is 6.54 Å². The average Bonchev–Trinajstić information content (AvgIpc) is 1.94. The van der Waals surface area contributed by atoms with Crippen molar-refractivity contribution in [2.24, 2.45) is 5.41 Å². The lowest BCUT2D eigenvalue weighted by molar-refractivity contribution is -0.130. The molecule has 0 aromatic carbocycles. The summed E-state index contributed by atoms with van der Waals surface area (Å²) in [6.07, 6.45) is 0. The summed E-state index contributed by atoms with van der Waals surface area (Å²) < 4.78 is 5.34. The van der Waals surface area contributed by atoms with E-state index in [0.717, 1.165) is 0 Å². The van der Waals surface area contributed by atoms with E-state index >= 15 is 0 Å². The summed E-state index contributed by atoms with van der Waals surface area (Å²) in [5, 5.41) is 2.83. The van der Waals surface area contributed by atoms with Crippen molar-refractivity contribution in [2.75, 3.05) is 13.2 Å². The van der Waals surface area contributed by atoms with Crippen LogP contribution in [0.5, 0.6) is 0 Å². The maximum Gasteiger partial charge on any atom is 0.246 e. The molecule has 0 heterocycles. The van der Waals surface area contributed by atoms with Gasteiger partial charge in [-0.05, 0) is 26.2 Å². The molecule has 0 atom stereocenters. The fraction of sp³-hybridized carbons (Fsp3) is 0.909. The van der Waals surface area contributed by atoms with Gasteiger partial charge in [0.25, 0.3) is 0 Å². The van der Waals surface area contributed by atoms with E-state index in [-0.39, 0.29) is 23.5 Å². The minimum absolute atomic E-state index is 0.0464. The Balaban J connectivity index is 3.68. The van der Waals surface area contributed by atoms with Gasteiger partial charge in [-0.2, -0.15) is 0 Å². The van der Waals surface area contributed by atoms with E-state index in [2.05, 4.69) is 26.1 Å². The molecule has 0 bridgehead atoms. The zero-order chi connectivity index (χ0) is 11.4. The molecule has 1 amide bonds. The van der Waals surface area contributed by atoms with E-state index in [1.807, 2.05) is 20.8 Å². The number of nitrogens with one attached hydrogen (secondary N) is 1. The molecule has 1 N–H and O–H groups in total. The number of amides is 1. The van der Waals surface area contributed by atoms with Crippen LogP contribution in [-0.4, -0.2) is 24.7 Å². The van der Waals surface area contributed by atoms with Crippen molar-refractivity contribution in [1.82, 2.24) is 5.32 Å². The van der Waals surface area contributed by atoms with Gasteiger partial charge in [0.15, 0.2) is 0 Å². The van der Waals surface area contributed by atoms with Crippen LogP contribution in [0.15, 0.2) is 0 Å². The van der Waals surface area contributed by atoms with Crippen LogP contribution in [0.1, 0.15) is 41.5 Å². The maximum absolute atomic E-state index is 11.3. The Morgan fingerprint density at radius 3 is 2.00 bits per heavy atom. The number of carbonyl (C=O) groups is 1. The highest BCUT2D eigenvalue weighted by Crippen LogP contribution is 2.10. The summed E-state index contributed by atoms with van der Waals surface area (Å²) in [7, 11) is 0. The third kappa shape index (κ3) is 9.52. The lowest BCUT2D eigenvalue weighted by Crippen LogP contribution is -2.36. The van der Waals surface area contributed by atoms with E-state index in [9.17, 15) is 4.79 Å². The predicted molar refractivity (Wildman–Crippen MR) is 58.2 cm³/mol. The van der Waals surface area contributed by atoms with Crippen molar-refractivity contribution in [3.05, 3.63) is 0 Å². The minimum atomic E-state index is -0.251. The molecule has 3 heteroatoms. The van der Waals surface area contributed by atoms with E-state index in [0.29, 0.717) is 6.54 Å². The molecule has 0 aromatic heterocycles. The first-order valence-corrected chi connectivity index (χ1v) is 5.01. The van der Waals surface area contributed by atoms with Gasteiger partial charge in [0.1, 0.15) is 6.61 Å². The van der Waals surface area contributed by atoms with E-state index in [1.54, 1.807) is 0 Å². The SMILES string of the molecule is CC(C)(C)CNC(=O)COC(C)(C)C. The minimum Gasteiger partial charge on any atom is -0.366 e. The molecule has 0 aliphatic heterocycles. The monoisotopic (exact) mass is 201 g/mol. The van der Waals surface area contributed by atoms with E-state index in [4.69, 9.17) is 4.74 Å². The summed E-state index contributed by atoms with van der Waals surface area (Å²) in [6.45, 7) is 12.9. The lowest BCUT2D eigenvalue weighted by atomic mass is 9.97. The molecule has 0 fully saturated rings. The van der Waals surface area contributed by atoms with Crippen LogP contribution in [0.4, 0.5) is 0 Å². The molecule has 3 nitrogen and oxygen atoms in total. The fourth-order valence-electron chi connectivity index (χ4n) is 0.697. The van der Waals surface area contributed by atoms with Gasteiger partial charge in [0.2, 0.25) is 5.91 Å². The van der Waals surface area contributed by atoms with Crippen molar-refractivity contribution in [3.63, 3.8) is 0 Å². The van der Waals surface area contributed by atoms with Crippen molar-refractivity contribution in [2.45, 2.75) is 47.1 Å². The molecule has 0 saturated heterocycles. The normalized spacial score (nSPS) is 12.7. The second kappa shape index (κ2) is 4.78. The van der Waals surface area contributed by atoms with Gasteiger partial charge >= 0.3 is 0 Å². The smallest absolute Gasteiger partial charge is 0.246 e. The Bertz CT molecular complexity index is 166. The number of carbonyl (C=O) groups excluding carboxylic acids is 1. The molecule has 0 saturated carbocycles. The average molecular weight is 201 g/mol. The van der Waals surface area contributed by atoms with Crippen LogP contribution in [0.25, 0.3) is 0 Å². The Morgan fingerprint density at radius 1 is 1.14 bits per heavy atom. The van der Waals surface area contributed by atoms with Crippen molar-refractivity contribution >= 4 is 5.91 Å². The Labute approximate surface area is 87.2 Å². The first-order chi connectivity index (χ1) is 6.10. The standard InChI is InChI=1S/C11H23NO2/c1-10(2,3)8-12-9(13)7-14-11(4,5)6/h7-8H2,1-6H3,(H,12,13). The van der Waals surface area contributed by atoms with Crippen LogP contribution >= 0.6 is 0 Å². The van der Waals surface area contributed by atoms with Gasteiger partial charge in [-0.1, -0.05) is 20.8 Å². The summed E-state index contributed by atoms with van der Waals surface area (Å²) in [5.41, 5.74) is -0.129. The molecule has 0 spiro atoms. The quantitative estimate of drug-likeness (QED) is 0.758. The largest absolute Gasteiger partial charge is 0.366 e. The summed E-state index contributed by atoms with van der Waals surface area (Å²) in [6, 6.07) is 0. The van der Waals surface area contributed by atoms with Crippen LogP contribution < -0.4 is 5.32 Å². The van der Waals surface area contributed by atoms with Crippen molar-refractivity contribution in [3.8, 4) is 0 Å². The predicted octanol–water partition coefficient (Wildman–Crippen LogP) is 1.96. The van der Waals surface area contributed by atoms with E-state index < -0.39 is 0 Å². The zero-order valence-electron chi connectivity index (χ0n) is 10.2. The molecule has 84 valence electrons. The van der Waals surface area contributed by atoms with Crippen LogP contribution in [0.3, 0.4) is 0 Å². The van der Waals surface area contributed by atoms with Gasteiger partial charge in [0.05, 0.1) is 5.60 Å². The lowest BCUT2D eigenvalue weighted by Gasteiger charge is -2.21. The van der Waals surface area contributed by atoms with Crippen molar-refractivity contribution < 1.29 is 9.53 Å². The molecule has 0 aromatic rings. The van der Waals surface area contributed by atoms with Gasteiger partial charge < -0.3 is 10.1 Å². The first kappa shape index (κ1) is 13.4. The molecule has 0 unspecified atom stereocenters.